The number of rotatable bonds is 28. The SMILES string of the molecule is C=C(C)C(=O)OCC(CCCCCCCCCCCCCC)CCCCCCCCCC(C)CCC. The van der Waals surface area contributed by atoms with Crippen molar-refractivity contribution in [2.24, 2.45) is 11.8 Å². The van der Waals surface area contributed by atoms with Gasteiger partial charge < -0.3 is 4.74 Å². The molecular formula is C34H66O2. The summed E-state index contributed by atoms with van der Waals surface area (Å²) in [5.74, 6) is 1.22. The minimum absolute atomic E-state index is 0.219. The van der Waals surface area contributed by atoms with Gasteiger partial charge in [0.05, 0.1) is 6.61 Å². The van der Waals surface area contributed by atoms with Gasteiger partial charge in [0.15, 0.2) is 0 Å². The summed E-state index contributed by atoms with van der Waals surface area (Å²) in [4.78, 5) is 11.9. The van der Waals surface area contributed by atoms with Gasteiger partial charge in [0.2, 0.25) is 0 Å². The molecule has 0 saturated heterocycles. The highest BCUT2D eigenvalue weighted by molar-refractivity contribution is 5.86. The molecule has 2 atom stereocenters. The van der Waals surface area contributed by atoms with Gasteiger partial charge in [0.1, 0.15) is 0 Å². The molecule has 0 aromatic rings. The largest absolute Gasteiger partial charge is 0.462 e. The van der Waals surface area contributed by atoms with Gasteiger partial charge in [-0.05, 0) is 31.6 Å². The molecule has 36 heavy (non-hydrogen) atoms. The molecule has 0 N–H and O–H groups in total. The lowest BCUT2D eigenvalue weighted by Crippen LogP contribution is -2.15. The summed E-state index contributed by atoms with van der Waals surface area (Å²) < 4.78 is 5.54. The molecule has 0 aromatic carbocycles. The van der Waals surface area contributed by atoms with E-state index in [1.54, 1.807) is 6.92 Å². The van der Waals surface area contributed by atoms with E-state index in [0.29, 0.717) is 18.1 Å². The van der Waals surface area contributed by atoms with Crippen molar-refractivity contribution in [2.75, 3.05) is 6.61 Å². The normalized spacial score (nSPS) is 13.0. The zero-order valence-corrected chi connectivity index (χ0v) is 25.4. The van der Waals surface area contributed by atoms with Crippen LogP contribution in [-0.4, -0.2) is 12.6 Å². The molecule has 0 saturated carbocycles. The molecule has 0 bridgehead atoms. The molecule has 0 aliphatic heterocycles. The number of ether oxygens (including phenoxy) is 1. The van der Waals surface area contributed by atoms with Crippen LogP contribution >= 0.6 is 0 Å². The Morgan fingerprint density at radius 1 is 0.583 bits per heavy atom. The molecule has 2 heteroatoms. The summed E-state index contributed by atoms with van der Waals surface area (Å²) in [6, 6.07) is 0. The lowest BCUT2D eigenvalue weighted by atomic mass is 9.94. The van der Waals surface area contributed by atoms with E-state index in [1.165, 1.54) is 154 Å². The van der Waals surface area contributed by atoms with Crippen molar-refractivity contribution >= 4 is 5.97 Å². The van der Waals surface area contributed by atoms with Crippen LogP contribution in [0.3, 0.4) is 0 Å². The van der Waals surface area contributed by atoms with E-state index in [-0.39, 0.29) is 5.97 Å². The van der Waals surface area contributed by atoms with Crippen LogP contribution in [0.1, 0.15) is 182 Å². The first kappa shape index (κ1) is 35.2. The van der Waals surface area contributed by atoms with E-state index in [4.69, 9.17) is 4.74 Å². The number of unbranched alkanes of at least 4 members (excludes halogenated alkanes) is 17. The van der Waals surface area contributed by atoms with Gasteiger partial charge in [0, 0.05) is 5.57 Å². The lowest BCUT2D eigenvalue weighted by molar-refractivity contribution is -0.140. The minimum Gasteiger partial charge on any atom is -0.462 e. The summed E-state index contributed by atoms with van der Waals surface area (Å²) in [6.07, 6.45) is 32.8. The fourth-order valence-electron chi connectivity index (χ4n) is 5.35. The maximum Gasteiger partial charge on any atom is 0.333 e. The average Bonchev–Trinajstić information content (AvgIpc) is 2.86. The minimum atomic E-state index is -0.219. The first-order valence-electron chi connectivity index (χ1n) is 16.3. The van der Waals surface area contributed by atoms with Gasteiger partial charge in [0.25, 0.3) is 0 Å². The molecular weight excluding hydrogens is 440 g/mol. The standard InChI is InChI=1S/C34H66O2/c1-6-8-9-10-11-12-13-14-15-18-21-24-28-33(30-36-34(35)31(3)4)29-25-22-19-16-17-20-23-27-32(5)26-7-2/h32-33H,3,6-30H2,1-2,4-5H3. The zero-order chi connectivity index (χ0) is 26.7. The second-order valence-corrected chi connectivity index (χ2v) is 11.9. The molecule has 0 aliphatic rings. The van der Waals surface area contributed by atoms with Crippen molar-refractivity contribution < 1.29 is 9.53 Å². The van der Waals surface area contributed by atoms with Crippen LogP contribution in [0.4, 0.5) is 0 Å². The molecule has 2 unspecified atom stereocenters. The fraction of sp³-hybridized carbons (Fsp3) is 0.912. The molecule has 0 radical (unpaired) electrons. The number of carbonyl (C=O) groups is 1. The van der Waals surface area contributed by atoms with Gasteiger partial charge in [-0.15, -0.1) is 0 Å². The van der Waals surface area contributed by atoms with E-state index in [1.807, 2.05) is 0 Å². The molecule has 2 nitrogen and oxygen atoms in total. The van der Waals surface area contributed by atoms with Gasteiger partial charge in [-0.3, -0.25) is 0 Å². The molecule has 0 rings (SSSR count). The van der Waals surface area contributed by atoms with Gasteiger partial charge in [-0.25, -0.2) is 4.79 Å². The third kappa shape index (κ3) is 24.9. The zero-order valence-electron chi connectivity index (χ0n) is 25.4. The number of hydrogen-bond acceptors (Lipinski definition) is 2. The highest BCUT2D eigenvalue weighted by atomic mass is 16.5. The van der Waals surface area contributed by atoms with E-state index in [0.717, 1.165) is 5.92 Å². The summed E-state index contributed by atoms with van der Waals surface area (Å²) in [5, 5.41) is 0. The number of carbonyl (C=O) groups excluding carboxylic acids is 1. The first-order chi connectivity index (χ1) is 17.5. The van der Waals surface area contributed by atoms with Crippen molar-refractivity contribution in [2.45, 2.75) is 182 Å². The predicted octanol–water partition coefficient (Wildman–Crippen LogP) is 11.8. The molecule has 0 aliphatic carbocycles. The third-order valence-electron chi connectivity index (χ3n) is 7.86. The Hall–Kier alpha value is -0.790. The van der Waals surface area contributed by atoms with Crippen LogP contribution in [0, 0.1) is 11.8 Å². The summed E-state index contributed by atoms with van der Waals surface area (Å²) in [5.41, 5.74) is 0.517. The molecule has 0 fully saturated rings. The topological polar surface area (TPSA) is 26.3 Å². The number of esters is 1. The van der Waals surface area contributed by atoms with Gasteiger partial charge in [-0.2, -0.15) is 0 Å². The van der Waals surface area contributed by atoms with Crippen LogP contribution in [0.25, 0.3) is 0 Å². The van der Waals surface area contributed by atoms with Crippen molar-refractivity contribution in [1.29, 1.82) is 0 Å². The summed E-state index contributed by atoms with van der Waals surface area (Å²) in [6.45, 7) is 13.0. The molecule has 214 valence electrons. The van der Waals surface area contributed by atoms with Gasteiger partial charge >= 0.3 is 5.97 Å². The van der Waals surface area contributed by atoms with Crippen LogP contribution in [0.5, 0.6) is 0 Å². The van der Waals surface area contributed by atoms with E-state index < -0.39 is 0 Å². The first-order valence-corrected chi connectivity index (χ1v) is 16.3. The van der Waals surface area contributed by atoms with Crippen LogP contribution < -0.4 is 0 Å². The highest BCUT2D eigenvalue weighted by Gasteiger charge is 2.12. The Kier molecular flexibility index (Phi) is 26.7. The van der Waals surface area contributed by atoms with Crippen molar-refractivity contribution in [3.8, 4) is 0 Å². The Morgan fingerprint density at radius 2 is 0.972 bits per heavy atom. The van der Waals surface area contributed by atoms with E-state index in [9.17, 15) is 4.79 Å². The quantitative estimate of drug-likeness (QED) is 0.0599. The van der Waals surface area contributed by atoms with E-state index >= 15 is 0 Å². The average molecular weight is 507 g/mol. The second kappa shape index (κ2) is 27.3. The predicted molar refractivity (Wildman–Crippen MR) is 161 cm³/mol. The Balaban J connectivity index is 3.86. The van der Waals surface area contributed by atoms with Crippen LogP contribution in [-0.2, 0) is 9.53 Å². The van der Waals surface area contributed by atoms with Crippen molar-refractivity contribution in [1.82, 2.24) is 0 Å². The Morgan fingerprint density at radius 3 is 1.36 bits per heavy atom. The summed E-state index contributed by atoms with van der Waals surface area (Å²) >= 11 is 0. The molecule has 0 spiro atoms. The fourth-order valence-corrected chi connectivity index (χ4v) is 5.35. The monoisotopic (exact) mass is 507 g/mol. The smallest absolute Gasteiger partial charge is 0.333 e. The highest BCUT2D eigenvalue weighted by Crippen LogP contribution is 2.21. The third-order valence-corrected chi connectivity index (χ3v) is 7.86. The van der Waals surface area contributed by atoms with Crippen LogP contribution in [0.2, 0.25) is 0 Å². The molecule has 0 aromatic heterocycles. The van der Waals surface area contributed by atoms with Crippen LogP contribution in [0.15, 0.2) is 12.2 Å². The Bertz CT molecular complexity index is 484. The van der Waals surface area contributed by atoms with Crippen molar-refractivity contribution in [3.05, 3.63) is 12.2 Å². The van der Waals surface area contributed by atoms with E-state index in [2.05, 4.69) is 27.4 Å². The Labute approximate surface area is 227 Å². The maximum atomic E-state index is 11.9. The molecule has 0 heterocycles. The lowest BCUT2D eigenvalue weighted by Gasteiger charge is -2.17. The summed E-state index contributed by atoms with van der Waals surface area (Å²) in [7, 11) is 0. The number of hydrogen-bond donors (Lipinski definition) is 0. The maximum absolute atomic E-state index is 11.9. The van der Waals surface area contributed by atoms with Gasteiger partial charge in [-0.1, -0.05) is 169 Å². The second-order valence-electron chi connectivity index (χ2n) is 11.9. The molecule has 0 amide bonds. The van der Waals surface area contributed by atoms with Crippen molar-refractivity contribution in [3.63, 3.8) is 0 Å².